The Morgan fingerprint density at radius 3 is 2.25 bits per heavy atom. The maximum absolute atomic E-state index is 13.1. The maximum atomic E-state index is 13.1. The average molecular weight is 448 g/mol. The van der Waals surface area contributed by atoms with Crippen LogP contribution in [0.15, 0.2) is 48.5 Å². The molecular formula is C24H28F3N3O2. The van der Waals surface area contributed by atoms with Crippen LogP contribution >= 0.6 is 0 Å². The largest absolute Gasteiger partial charge is 0.416 e. The van der Waals surface area contributed by atoms with Crippen molar-refractivity contribution >= 4 is 17.5 Å². The first-order valence-corrected chi connectivity index (χ1v) is 10.7. The van der Waals surface area contributed by atoms with Crippen LogP contribution in [0.1, 0.15) is 59.6 Å². The highest BCUT2D eigenvalue weighted by Crippen LogP contribution is 2.30. The van der Waals surface area contributed by atoms with E-state index in [2.05, 4.69) is 10.6 Å². The van der Waals surface area contributed by atoms with Crippen LogP contribution in [0, 0.1) is 0 Å². The zero-order valence-electron chi connectivity index (χ0n) is 18.2. The molecule has 1 saturated carbocycles. The number of amides is 2. The van der Waals surface area contributed by atoms with Crippen molar-refractivity contribution in [1.29, 1.82) is 0 Å². The highest BCUT2D eigenvalue weighted by atomic mass is 19.4. The quantitative estimate of drug-likeness (QED) is 0.675. The molecule has 1 aliphatic carbocycles. The number of halogens is 3. The molecule has 2 N–H and O–H groups in total. The van der Waals surface area contributed by atoms with Gasteiger partial charge in [-0.15, -0.1) is 0 Å². The molecule has 0 bridgehead atoms. The summed E-state index contributed by atoms with van der Waals surface area (Å²) in [7, 11) is 3.77. The van der Waals surface area contributed by atoms with E-state index >= 15 is 0 Å². The van der Waals surface area contributed by atoms with Gasteiger partial charge in [0.25, 0.3) is 5.91 Å². The van der Waals surface area contributed by atoms with E-state index in [4.69, 9.17) is 0 Å². The van der Waals surface area contributed by atoms with Gasteiger partial charge in [-0.1, -0.05) is 37.5 Å². The van der Waals surface area contributed by atoms with Crippen LogP contribution in [0.4, 0.5) is 18.9 Å². The molecule has 1 aliphatic rings. The number of nitrogens with one attached hydrogen (secondary N) is 2. The monoisotopic (exact) mass is 447 g/mol. The topological polar surface area (TPSA) is 61.4 Å². The zero-order chi connectivity index (χ0) is 23.3. The summed E-state index contributed by atoms with van der Waals surface area (Å²) in [6.07, 6.45) is 0.386. The van der Waals surface area contributed by atoms with E-state index in [1.807, 2.05) is 31.1 Å². The van der Waals surface area contributed by atoms with Crippen molar-refractivity contribution in [2.75, 3.05) is 19.0 Å². The smallest absolute Gasteiger partial charge is 0.378 e. The van der Waals surface area contributed by atoms with Crippen LogP contribution in [0.5, 0.6) is 0 Å². The molecule has 2 aromatic carbocycles. The summed E-state index contributed by atoms with van der Waals surface area (Å²) in [6, 6.07) is 10.3. The van der Waals surface area contributed by atoms with Crippen molar-refractivity contribution in [2.45, 2.75) is 50.4 Å². The molecule has 3 rings (SSSR count). The van der Waals surface area contributed by atoms with Gasteiger partial charge < -0.3 is 15.5 Å². The Hall–Kier alpha value is -3.03. The Morgan fingerprint density at radius 2 is 1.66 bits per heavy atom. The molecule has 5 nitrogen and oxygen atoms in total. The van der Waals surface area contributed by atoms with E-state index in [0.717, 1.165) is 49.9 Å². The number of nitrogens with zero attached hydrogens (tertiary/aromatic N) is 1. The summed E-state index contributed by atoms with van der Waals surface area (Å²) < 4.78 is 39.2. The minimum atomic E-state index is -4.56. The Bertz CT molecular complexity index is 936. The van der Waals surface area contributed by atoms with Gasteiger partial charge in [-0.05, 0) is 48.7 Å². The lowest BCUT2D eigenvalue weighted by molar-refractivity contribution is -0.137. The Balaban J connectivity index is 1.84. The van der Waals surface area contributed by atoms with Gasteiger partial charge in [-0.25, -0.2) is 0 Å². The van der Waals surface area contributed by atoms with Crippen molar-refractivity contribution < 1.29 is 22.8 Å². The minimum Gasteiger partial charge on any atom is -0.378 e. The summed E-state index contributed by atoms with van der Waals surface area (Å²) in [6.45, 7) is 0. The number of carbonyl (C=O) groups is 2. The van der Waals surface area contributed by atoms with Crippen molar-refractivity contribution in [2.24, 2.45) is 0 Å². The second-order valence-corrected chi connectivity index (χ2v) is 8.31. The van der Waals surface area contributed by atoms with Gasteiger partial charge in [0.1, 0.15) is 6.04 Å². The molecule has 1 atom stereocenters. The lowest BCUT2D eigenvalue weighted by Crippen LogP contribution is -2.45. The van der Waals surface area contributed by atoms with Gasteiger partial charge in [0, 0.05) is 31.4 Å². The number of hydrogen-bond donors (Lipinski definition) is 2. The van der Waals surface area contributed by atoms with E-state index in [9.17, 15) is 22.8 Å². The van der Waals surface area contributed by atoms with Crippen LogP contribution < -0.4 is 15.5 Å². The minimum absolute atomic E-state index is 0.0326. The molecule has 0 spiro atoms. The normalized spacial score (nSPS) is 15.7. The molecule has 0 heterocycles. The number of benzene rings is 2. The Kier molecular flexibility index (Phi) is 7.43. The highest BCUT2D eigenvalue weighted by molar-refractivity contribution is 5.98. The number of hydrogen-bond acceptors (Lipinski definition) is 3. The van der Waals surface area contributed by atoms with Gasteiger partial charge in [0.2, 0.25) is 5.91 Å². The van der Waals surface area contributed by atoms with Crippen LogP contribution in [0.2, 0.25) is 0 Å². The lowest BCUT2D eigenvalue weighted by Gasteiger charge is -2.26. The molecular weight excluding hydrogens is 419 g/mol. The van der Waals surface area contributed by atoms with E-state index in [0.29, 0.717) is 5.56 Å². The second-order valence-electron chi connectivity index (χ2n) is 8.31. The number of anilines is 1. The van der Waals surface area contributed by atoms with Gasteiger partial charge in [-0.3, -0.25) is 9.59 Å². The average Bonchev–Trinajstić information content (AvgIpc) is 2.77. The summed E-state index contributed by atoms with van der Waals surface area (Å²) in [5.74, 6) is -1.11. The molecule has 1 fully saturated rings. The number of rotatable bonds is 6. The summed E-state index contributed by atoms with van der Waals surface area (Å²) in [5, 5.41) is 5.64. The zero-order valence-corrected chi connectivity index (χ0v) is 18.2. The standard InChI is InChI=1S/C24H28F3N3O2/c1-30(2)20-13-11-16(12-14-20)21(23(32)28-19-9-4-3-5-10-19)29-22(31)17-7-6-8-18(15-17)24(25,26)27/h6-8,11-15,19,21H,3-5,9-10H2,1-2H3,(H,28,32)(H,29,31). The van der Waals surface area contributed by atoms with E-state index in [1.165, 1.54) is 12.1 Å². The van der Waals surface area contributed by atoms with Crippen LogP contribution in [-0.4, -0.2) is 32.0 Å². The van der Waals surface area contributed by atoms with Gasteiger partial charge >= 0.3 is 6.18 Å². The van der Waals surface area contributed by atoms with Gasteiger partial charge in [-0.2, -0.15) is 13.2 Å². The van der Waals surface area contributed by atoms with Gasteiger partial charge in [0.15, 0.2) is 0 Å². The number of alkyl halides is 3. The van der Waals surface area contributed by atoms with Crippen molar-refractivity contribution in [1.82, 2.24) is 10.6 Å². The third kappa shape index (κ3) is 6.02. The Labute approximate surface area is 186 Å². The molecule has 172 valence electrons. The molecule has 2 amide bonds. The maximum Gasteiger partial charge on any atom is 0.416 e. The van der Waals surface area contributed by atoms with Crippen molar-refractivity contribution in [3.05, 3.63) is 65.2 Å². The second kappa shape index (κ2) is 10.1. The molecule has 2 aromatic rings. The summed E-state index contributed by atoms with van der Waals surface area (Å²) >= 11 is 0. The van der Waals surface area contributed by atoms with Crippen molar-refractivity contribution in [3.8, 4) is 0 Å². The van der Waals surface area contributed by atoms with Crippen LogP contribution in [0.25, 0.3) is 0 Å². The molecule has 8 heteroatoms. The fourth-order valence-electron chi connectivity index (χ4n) is 3.85. The third-order valence-electron chi connectivity index (χ3n) is 5.68. The molecule has 0 saturated heterocycles. The first kappa shape index (κ1) is 23.6. The third-order valence-corrected chi connectivity index (χ3v) is 5.68. The van der Waals surface area contributed by atoms with Crippen LogP contribution in [0.3, 0.4) is 0 Å². The van der Waals surface area contributed by atoms with E-state index in [1.54, 1.807) is 12.1 Å². The molecule has 0 aromatic heterocycles. The predicted molar refractivity (Wildman–Crippen MR) is 117 cm³/mol. The molecule has 1 unspecified atom stereocenters. The predicted octanol–water partition coefficient (Wildman–Crippen LogP) is 4.69. The van der Waals surface area contributed by atoms with Crippen LogP contribution in [-0.2, 0) is 11.0 Å². The molecule has 0 radical (unpaired) electrons. The summed E-state index contributed by atoms with van der Waals surface area (Å²) in [4.78, 5) is 27.8. The van der Waals surface area contributed by atoms with E-state index in [-0.39, 0.29) is 17.5 Å². The fourth-order valence-corrected chi connectivity index (χ4v) is 3.85. The van der Waals surface area contributed by atoms with Gasteiger partial charge in [0.05, 0.1) is 5.56 Å². The lowest BCUT2D eigenvalue weighted by atomic mass is 9.95. The molecule has 0 aliphatic heterocycles. The highest BCUT2D eigenvalue weighted by Gasteiger charge is 2.32. The number of carbonyl (C=O) groups excluding carboxylic acids is 2. The first-order chi connectivity index (χ1) is 15.1. The van der Waals surface area contributed by atoms with E-state index < -0.39 is 23.7 Å². The summed E-state index contributed by atoms with van der Waals surface area (Å²) in [5.41, 5.74) is 0.414. The fraction of sp³-hybridized carbons (Fsp3) is 0.417. The molecule has 32 heavy (non-hydrogen) atoms. The first-order valence-electron chi connectivity index (χ1n) is 10.7. The van der Waals surface area contributed by atoms with Crippen molar-refractivity contribution in [3.63, 3.8) is 0 Å². The Morgan fingerprint density at radius 1 is 1.00 bits per heavy atom. The SMILES string of the molecule is CN(C)c1ccc(C(NC(=O)c2cccc(C(F)(F)F)c2)C(=O)NC2CCCCC2)cc1.